The number of rotatable bonds is 3. The van der Waals surface area contributed by atoms with Crippen molar-refractivity contribution in [3.63, 3.8) is 0 Å². The maximum Gasteiger partial charge on any atom is 0.325 e. The summed E-state index contributed by atoms with van der Waals surface area (Å²) >= 11 is 3.28. The van der Waals surface area contributed by atoms with E-state index in [0.717, 1.165) is 11.3 Å². The molecule has 2 rings (SSSR count). The van der Waals surface area contributed by atoms with Gasteiger partial charge in [-0.05, 0) is 34.5 Å². The van der Waals surface area contributed by atoms with E-state index in [1.165, 1.54) is 0 Å². The number of aryl methyl sites for hydroxylation is 1. The first-order valence-corrected chi connectivity index (χ1v) is 5.80. The second-order valence-corrected chi connectivity index (χ2v) is 4.23. The molecule has 0 bridgehead atoms. The van der Waals surface area contributed by atoms with Crippen LogP contribution in [0.25, 0.3) is 0 Å². The molecule has 1 aromatic carbocycles. The van der Waals surface area contributed by atoms with Gasteiger partial charge in [0, 0.05) is 0 Å². The van der Waals surface area contributed by atoms with Crippen molar-refractivity contribution in [3.05, 3.63) is 40.5 Å². The molecule has 0 unspecified atom stereocenters. The van der Waals surface area contributed by atoms with Crippen LogP contribution in [-0.2, 0) is 0 Å². The molecule has 88 valence electrons. The number of benzene rings is 1. The highest BCUT2D eigenvalue weighted by Gasteiger charge is 2.07. The minimum atomic E-state index is 0.263. The van der Waals surface area contributed by atoms with Gasteiger partial charge in [0.25, 0.3) is 0 Å². The van der Waals surface area contributed by atoms with Gasteiger partial charge in [0.1, 0.15) is 5.75 Å². The van der Waals surface area contributed by atoms with E-state index >= 15 is 0 Å². The predicted molar refractivity (Wildman–Crippen MR) is 67.5 cm³/mol. The molecule has 1 aromatic heterocycles. The van der Waals surface area contributed by atoms with Crippen LogP contribution in [0.3, 0.4) is 0 Å². The molecule has 0 N–H and O–H groups in total. The monoisotopic (exact) mass is 294 g/mol. The SMILES string of the molecule is COc1nc(Oc2ccccc2C)ncc1Br. The molecule has 2 aromatic rings. The van der Waals surface area contributed by atoms with Crippen LogP contribution in [-0.4, -0.2) is 17.1 Å². The van der Waals surface area contributed by atoms with E-state index < -0.39 is 0 Å². The first kappa shape index (κ1) is 11.9. The Morgan fingerprint density at radius 3 is 2.71 bits per heavy atom. The number of ether oxygens (including phenoxy) is 2. The van der Waals surface area contributed by atoms with Crippen LogP contribution in [0.2, 0.25) is 0 Å². The first-order chi connectivity index (χ1) is 8.20. The van der Waals surface area contributed by atoms with Crippen molar-refractivity contribution in [2.45, 2.75) is 6.92 Å². The Morgan fingerprint density at radius 1 is 1.24 bits per heavy atom. The second-order valence-electron chi connectivity index (χ2n) is 3.38. The van der Waals surface area contributed by atoms with Crippen LogP contribution in [0, 0.1) is 6.92 Å². The minimum absolute atomic E-state index is 0.263. The topological polar surface area (TPSA) is 44.2 Å². The Morgan fingerprint density at radius 2 is 2.00 bits per heavy atom. The van der Waals surface area contributed by atoms with E-state index in [4.69, 9.17) is 9.47 Å². The lowest BCUT2D eigenvalue weighted by molar-refractivity contribution is 0.373. The van der Waals surface area contributed by atoms with Gasteiger partial charge in [-0.2, -0.15) is 4.98 Å². The zero-order chi connectivity index (χ0) is 12.3. The standard InChI is InChI=1S/C12H11BrN2O2/c1-8-5-3-4-6-10(8)17-12-14-7-9(13)11(15-12)16-2/h3-7H,1-2H3. The number of para-hydroxylation sites is 1. The number of methoxy groups -OCH3 is 1. The Labute approximate surface area is 108 Å². The van der Waals surface area contributed by atoms with Crippen LogP contribution in [0.1, 0.15) is 5.56 Å². The van der Waals surface area contributed by atoms with Crippen molar-refractivity contribution in [1.82, 2.24) is 9.97 Å². The van der Waals surface area contributed by atoms with E-state index in [-0.39, 0.29) is 6.01 Å². The van der Waals surface area contributed by atoms with Gasteiger partial charge in [0.05, 0.1) is 17.8 Å². The molecule has 5 heteroatoms. The summed E-state index contributed by atoms with van der Waals surface area (Å²) in [5, 5.41) is 0. The first-order valence-electron chi connectivity index (χ1n) is 5.00. The summed E-state index contributed by atoms with van der Waals surface area (Å²) in [6.45, 7) is 1.96. The van der Waals surface area contributed by atoms with Gasteiger partial charge in [-0.1, -0.05) is 18.2 Å². The molecule has 1 heterocycles. The summed E-state index contributed by atoms with van der Waals surface area (Å²) in [5.74, 6) is 1.18. The lowest BCUT2D eigenvalue weighted by atomic mass is 10.2. The molecule has 0 saturated carbocycles. The zero-order valence-corrected chi connectivity index (χ0v) is 11.1. The lowest BCUT2D eigenvalue weighted by Gasteiger charge is -2.07. The molecule has 0 radical (unpaired) electrons. The largest absolute Gasteiger partial charge is 0.480 e. The fourth-order valence-electron chi connectivity index (χ4n) is 1.30. The second kappa shape index (κ2) is 5.14. The maximum atomic E-state index is 5.58. The number of hydrogen-bond acceptors (Lipinski definition) is 4. The molecule has 0 aliphatic heterocycles. The van der Waals surface area contributed by atoms with Crippen LogP contribution in [0.15, 0.2) is 34.9 Å². The fourth-order valence-corrected chi connectivity index (χ4v) is 1.65. The summed E-state index contributed by atoms with van der Waals surface area (Å²) in [4.78, 5) is 8.19. The number of aromatic nitrogens is 2. The van der Waals surface area contributed by atoms with Gasteiger partial charge >= 0.3 is 6.01 Å². The van der Waals surface area contributed by atoms with Gasteiger partial charge in [0.15, 0.2) is 0 Å². The third kappa shape index (κ3) is 2.74. The zero-order valence-electron chi connectivity index (χ0n) is 9.48. The Hall–Kier alpha value is -1.62. The average molecular weight is 295 g/mol. The predicted octanol–water partition coefficient (Wildman–Crippen LogP) is 3.35. The van der Waals surface area contributed by atoms with E-state index in [1.807, 2.05) is 31.2 Å². The van der Waals surface area contributed by atoms with E-state index in [0.29, 0.717) is 10.4 Å². The summed E-state index contributed by atoms with van der Waals surface area (Å²) in [6, 6.07) is 7.95. The third-order valence-corrected chi connectivity index (χ3v) is 2.72. The van der Waals surface area contributed by atoms with Crippen LogP contribution in [0.5, 0.6) is 17.6 Å². The van der Waals surface area contributed by atoms with E-state index in [1.54, 1.807) is 13.3 Å². The van der Waals surface area contributed by atoms with Crippen LogP contribution >= 0.6 is 15.9 Å². The quantitative estimate of drug-likeness (QED) is 0.871. The molecule has 0 fully saturated rings. The summed E-state index contributed by atoms with van der Waals surface area (Å²) in [6.07, 6.45) is 1.60. The fraction of sp³-hybridized carbons (Fsp3) is 0.167. The molecule has 4 nitrogen and oxygen atoms in total. The normalized spacial score (nSPS) is 10.1. The summed E-state index contributed by atoms with van der Waals surface area (Å²) in [5.41, 5.74) is 1.03. The van der Waals surface area contributed by atoms with Crippen LogP contribution < -0.4 is 9.47 Å². The van der Waals surface area contributed by atoms with Crippen molar-refractivity contribution in [3.8, 4) is 17.6 Å². The highest BCUT2D eigenvalue weighted by atomic mass is 79.9. The lowest BCUT2D eigenvalue weighted by Crippen LogP contribution is -1.96. The smallest absolute Gasteiger partial charge is 0.325 e. The molecule has 0 spiro atoms. The van der Waals surface area contributed by atoms with Gasteiger partial charge in [-0.3, -0.25) is 0 Å². The Kier molecular flexibility index (Phi) is 3.58. The van der Waals surface area contributed by atoms with Crippen molar-refractivity contribution < 1.29 is 9.47 Å². The minimum Gasteiger partial charge on any atom is -0.480 e. The Balaban J connectivity index is 2.28. The summed E-state index contributed by atoms with van der Waals surface area (Å²) in [7, 11) is 1.55. The van der Waals surface area contributed by atoms with Crippen molar-refractivity contribution >= 4 is 15.9 Å². The molecular formula is C12H11BrN2O2. The number of halogens is 1. The molecule has 0 aliphatic rings. The third-order valence-electron chi connectivity index (χ3n) is 2.18. The van der Waals surface area contributed by atoms with Gasteiger partial charge in [-0.15, -0.1) is 0 Å². The number of nitrogens with zero attached hydrogens (tertiary/aromatic N) is 2. The molecule has 0 amide bonds. The van der Waals surface area contributed by atoms with E-state index in [9.17, 15) is 0 Å². The van der Waals surface area contributed by atoms with Crippen molar-refractivity contribution in [2.24, 2.45) is 0 Å². The number of hydrogen-bond donors (Lipinski definition) is 0. The summed E-state index contributed by atoms with van der Waals surface area (Å²) < 4.78 is 11.4. The molecule has 0 aliphatic carbocycles. The molecular weight excluding hydrogens is 284 g/mol. The average Bonchev–Trinajstić information content (AvgIpc) is 2.34. The van der Waals surface area contributed by atoms with Crippen molar-refractivity contribution in [1.29, 1.82) is 0 Å². The van der Waals surface area contributed by atoms with Gasteiger partial charge < -0.3 is 9.47 Å². The highest BCUT2D eigenvalue weighted by Crippen LogP contribution is 2.26. The van der Waals surface area contributed by atoms with Crippen LogP contribution in [0.4, 0.5) is 0 Å². The molecule has 0 saturated heterocycles. The van der Waals surface area contributed by atoms with Gasteiger partial charge in [0.2, 0.25) is 5.88 Å². The van der Waals surface area contributed by atoms with E-state index in [2.05, 4.69) is 25.9 Å². The Bertz CT molecular complexity index is 532. The maximum absolute atomic E-state index is 5.58. The van der Waals surface area contributed by atoms with Crippen molar-refractivity contribution in [2.75, 3.05) is 7.11 Å². The molecule has 0 atom stereocenters. The van der Waals surface area contributed by atoms with Gasteiger partial charge in [-0.25, -0.2) is 4.98 Å². The highest BCUT2D eigenvalue weighted by molar-refractivity contribution is 9.10. The molecule has 17 heavy (non-hydrogen) atoms.